The highest BCUT2D eigenvalue weighted by Crippen LogP contribution is 2.13. The fraction of sp³-hybridized carbons (Fsp3) is 0.917. The molecule has 0 aromatic carbocycles. The summed E-state index contributed by atoms with van der Waals surface area (Å²) in [4.78, 5) is 11.4. The van der Waals surface area contributed by atoms with E-state index in [9.17, 15) is 4.79 Å². The highest BCUT2D eigenvalue weighted by Gasteiger charge is 2.20. The Morgan fingerprint density at radius 3 is 2.62 bits per heavy atom. The molecule has 4 nitrogen and oxygen atoms in total. The summed E-state index contributed by atoms with van der Waals surface area (Å²) >= 11 is 0. The first-order valence-electron chi connectivity index (χ1n) is 6.07. The van der Waals surface area contributed by atoms with Gasteiger partial charge in [0.2, 0.25) is 0 Å². The molecule has 2 atom stereocenters. The Bertz CT molecular complexity index is 228. The first-order chi connectivity index (χ1) is 7.37. The molecular formula is C12H24N2O2. The van der Waals surface area contributed by atoms with Crippen LogP contribution < -0.4 is 10.6 Å². The summed E-state index contributed by atoms with van der Waals surface area (Å²) in [5.74, 6) is 0.531. The maximum Gasteiger partial charge on any atom is 0.407 e. The number of hydrogen-bond acceptors (Lipinski definition) is 3. The predicted octanol–water partition coefficient (Wildman–Crippen LogP) is 1.90. The summed E-state index contributed by atoms with van der Waals surface area (Å²) in [6.07, 6.45) is 2.04. The standard InChI is InChI=1S/C12H24N2O2/c1-9-5-6-10(7-13-9)8-14-11(15)16-12(2,3)4/h9-10,13H,5-8H2,1-4H3,(H,14,15)/t9-,10-/m0/s1. The number of alkyl carbamates (subject to hydrolysis) is 1. The lowest BCUT2D eigenvalue weighted by atomic mass is 9.95. The van der Waals surface area contributed by atoms with Crippen molar-refractivity contribution in [3.63, 3.8) is 0 Å². The normalized spacial score (nSPS) is 26.2. The summed E-state index contributed by atoms with van der Waals surface area (Å²) in [5, 5.41) is 6.23. The number of rotatable bonds is 2. The third-order valence-electron chi connectivity index (χ3n) is 2.70. The number of nitrogens with one attached hydrogen (secondary N) is 2. The fourth-order valence-electron chi connectivity index (χ4n) is 1.77. The fourth-order valence-corrected chi connectivity index (χ4v) is 1.77. The summed E-state index contributed by atoms with van der Waals surface area (Å²) in [7, 11) is 0. The van der Waals surface area contributed by atoms with Gasteiger partial charge in [-0.15, -0.1) is 0 Å². The Morgan fingerprint density at radius 2 is 2.12 bits per heavy atom. The van der Waals surface area contributed by atoms with Crippen molar-refractivity contribution < 1.29 is 9.53 Å². The maximum absolute atomic E-state index is 11.4. The molecule has 2 N–H and O–H groups in total. The molecule has 1 aliphatic heterocycles. The van der Waals surface area contributed by atoms with Crippen molar-refractivity contribution in [1.29, 1.82) is 0 Å². The van der Waals surface area contributed by atoms with Crippen LogP contribution in [0.4, 0.5) is 4.79 Å². The van der Waals surface area contributed by atoms with Crippen LogP contribution in [0, 0.1) is 5.92 Å². The number of amides is 1. The molecule has 1 rings (SSSR count). The molecule has 1 aliphatic rings. The molecule has 0 saturated carbocycles. The van der Waals surface area contributed by atoms with Gasteiger partial charge in [0.15, 0.2) is 0 Å². The maximum atomic E-state index is 11.4. The molecule has 0 radical (unpaired) electrons. The summed E-state index contributed by atoms with van der Waals surface area (Å²) < 4.78 is 5.18. The van der Waals surface area contributed by atoms with Crippen molar-refractivity contribution in [1.82, 2.24) is 10.6 Å². The van der Waals surface area contributed by atoms with E-state index in [0.717, 1.165) is 6.54 Å². The number of hydrogen-bond donors (Lipinski definition) is 2. The van der Waals surface area contributed by atoms with Gasteiger partial charge in [-0.1, -0.05) is 0 Å². The lowest BCUT2D eigenvalue weighted by molar-refractivity contribution is 0.0516. The van der Waals surface area contributed by atoms with Gasteiger partial charge in [0.1, 0.15) is 5.60 Å². The van der Waals surface area contributed by atoms with Gasteiger partial charge in [-0.25, -0.2) is 4.79 Å². The van der Waals surface area contributed by atoms with E-state index in [0.29, 0.717) is 18.5 Å². The van der Waals surface area contributed by atoms with E-state index >= 15 is 0 Å². The smallest absolute Gasteiger partial charge is 0.407 e. The lowest BCUT2D eigenvalue weighted by Crippen LogP contribution is -2.43. The minimum absolute atomic E-state index is 0.314. The third kappa shape index (κ3) is 5.35. The number of piperidine rings is 1. The van der Waals surface area contributed by atoms with Crippen LogP contribution in [0.1, 0.15) is 40.5 Å². The zero-order valence-corrected chi connectivity index (χ0v) is 10.8. The van der Waals surface area contributed by atoms with E-state index in [-0.39, 0.29) is 6.09 Å². The van der Waals surface area contributed by atoms with E-state index < -0.39 is 5.60 Å². The monoisotopic (exact) mass is 228 g/mol. The largest absolute Gasteiger partial charge is 0.444 e. The van der Waals surface area contributed by atoms with E-state index in [1.54, 1.807) is 0 Å². The van der Waals surface area contributed by atoms with Crippen LogP contribution in [0.3, 0.4) is 0 Å². The van der Waals surface area contributed by atoms with E-state index in [1.165, 1.54) is 12.8 Å². The Hall–Kier alpha value is -0.770. The van der Waals surface area contributed by atoms with Crippen molar-refractivity contribution in [2.24, 2.45) is 5.92 Å². The average molecular weight is 228 g/mol. The molecule has 0 aromatic rings. The van der Waals surface area contributed by atoms with Crippen molar-refractivity contribution >= 4 is 6.09 Å². The van der Waals surface area contributed by atoms with E-state index in [2.05, 4.69) is 17.6 Å². The quantitative estimate of drug-likeness (QED) is 0.759. The molecule has 4 heteroatoms. The summed E-state index contributed by atoms with van der Waals surface area (Å²) in [6, 6.07) is 0.609. The Balaban J connectivity index is 2.17. The minimum atomic E-state index is -0.413. The second kappa shape index (κ2) is 5.53. The van der Waals surface area contributed by atoms with E-state index in [4.69, 9.17) is 4.74 Å². The molecular weight excluding hydrogens is 204 g/mol. The molecule has 16 heavy (non-hydrogen) atoms. The highest BCUT2D eigenvalue weighted by atomic mass is 16.6. The van der Waals surface area contributed by atoms with Gasteiger partial charge < -0.3 is 15.4 Å². The lowest BCUT2D eigenvalue weighted by Gasteiger charge is -2.28. The van der Waals surface area contributed by atoms with Crippen LogP contribution in [0.5, 0.6) is 0 Å². The zero-order chi connectivity index (χ0) is 12.2. The van der Waals surface area contributed by atoms with Gasteiger partial charge >= 0.3 is 6.09 Å². The van der Waals surface area contributed by atoms with Gasteiger partial charge in [-0.05, 0) is 53.0 Å². The molecule has 1 fully saturated rings. The van der Waals surface area contributed by atoms with Crippen molar-refractivity contribution in [2.75, 3.05) is 13.1 Å². The van der Waals surface area contributed by atoms with Crippen molar-refractivity contribution in [2.45, 2.75) is 52.2 Å². The van der Waals surface area contributed by atoms with Crippen molar-refractivity contribution in [3.05, 3.63) is 0 Å². The van der Waals surface area contributed by atoms with Gasteiger partial charge in [-0.3, -0.25) is 0 Å². The Morgan fingerprint density at radius 1 is 1.44 bits per heavy atom. The van der Waals surface area contributed by atoms with Crippen LogP contribution in [0.15, 0.2) is 0 Å². The Labute approximate surface area is 98.1 Å². The molecule has 94 valence electrons. The Kier molecular flexibility index (Phi) is 4.59. The molecule has 1 saturated heterocycles. The van der Waals surface area contributed by atoms with Crippen LogP contribution in [0.2, 0.25) is 0 Å². The van der Waals surface area contributed by atoms with Gasteiger partial charge in [0, 0.05) is 12.6 Å². The molecule has 0 aromatic heterocycles. The number of carbonyl (C=O) groups is 1. The topological polar surface area (TPSA) is 50.4 Å². The summed E-state index contributed by atoms with van der Waals surface area (Å²) in [6.45, 7) is 9.49. The average Bonchev–Trinajstić information content (AvgIpc) is 2.14. The van der Waals surface area contributed by atoms with Gasteiger partial charge in [-0.2, -0.15) is 0 Å². The highest BCUT2D eigenvalue weighted by molar-refractivity contribution is 5.67. The second-order valence-electron chi connectivity index (χ2n) is 5.64. The SMILES string of the molecule is C[C@H]1CC[C@H](CNC(=O)OC(C)(C)C)CN1. The van der Waals surface area contributed by atoms with Crippen molar-refractivity contribution in [3.8, 4) is 0 Å². The van der Waals surface area contributed by atoms with Gasteiger partial charge in [0.25, 0.3) is 0 Å². The minimum Gasteiger partial charge on any atom is -0.444 e. The first-order valence-corrected chi connectivity index (χ1v) is 6.07. The molecule has 0 spiro atoms. The van der Waals surface area contributed by atoms with Crippen LogP contribution in [0.25, 0.3) is 0 Å². The number of ether oxygens (including phenoxy) is 1. The molecule has 0 aliphatic carbocycles. The summed E-state index contributed by atoms with van der Waals surface area (Å²) in [5.41, 5.74) is -0.413. The molecule has 0 bridgehead atoms. The molecule has 0 unspecified atom stereocenters. The van der Waals surface area contributed by atoms with Crippen LogP contribution in [-0.2, 0) is 4.74 Å². The van der Waals surface area contributed by atoms with Crippen LogP contribution >= 0.6 is 0 Å². The first kappa shape index (κ1) is 13.3. The third-order valence-corrected chi connectivity index (χ3v) is 2.70. The van der Waals surface area contributed by atoms with Crippen LogP contribution in [-0.4, -0.2) is 30.8 Å². The zero-order valence-electron chi connectivity index (χ0n) is 10.8. The number of carbonyl (C=O) groups excluding carboxylic acids is 1. The van der Waals surface area contributed by atoms with E-state index in [1.807, 2.05) is 20.8 Å². The molecule has 1 amide bonds. The predicted molar refractivity (Wildman–Crippen MR) is 64.4 cm³/mol. The van der Waals surface area contributed by atoms with Gasteiger partial charge in [0.05, 0.1) is 0 Å². The molecule has 1 heterocycles. The second-order valence-corrected chi connectivity index (χ2v) is 5.64.